The molecule has 1 aliphatic rings. The summed E-state index contributed by atoms with van der Waals surface area (Å²) in [7, 11) is 0. The third-order valence-electron chi connectivity index (χ3n) is 11.0. The molecule has 0 unspecified atom stereocenters. The molecule has 63 heavy (non-hydrogen) atoms. The minimum absolute atomic E-state index is 0. The van der Waals surface area contributed by atoms with E-state index in [0.29, 0.717) is 28.3 Å². The molecule has 5 nitrogen and oxygen atoms in total. The Hall–Kier alpha value is -6.42. The van der Waals surface area contributed by atoms with Crippen LogP contribution >= 0.6 is 0 Å². The summed E-state index contributed by atoms with van der Waals surface area (Å²) in [6, 6.07) is 28.7. The van der Waals surface area contributed by atoms with Crippen molar-refractivity contribution < 1.29 is 45.0 Å². The van der Waals surface area contributed by atoms with Gasteiger partial charge in [-0.05, 0) is 82.6 Å². The van der Waals surface area contributed by atoms with E-state index in [1.54, 1.807) is 24.3 Å². The van der Waals surface area contributed by atoms with Gasteiger partial charge in [0, 0.05) is 77.9 Å². The van der Waals surface area contributed by atoms with Crippen LogP contribution < -0.4 is 14.5 Å². The van der Waals surface area contributed by atoms with Crippen molar-refractivity contribution in [1.82, 2.24) is 9.55 Å². The van der Waals surface area contributed by atoms with Crippen molar-refractivity contribution in [2.45, 2.75) is 59.2 Å². The molecule has 10 rings (SSSR count). The van der Waals surface area contributed by atoms with E-state index >= 15 is 0 Å². The monoisotopic (exact) mass is 1010 g/mol. The van der Waals surface area contributed by atoms with Gasteiger partial charge >= 0.3 is 0 Å². The van der Waals surface area contributed by atoms with E-state index in [1.165, 1.54) is 22.9 Å². The summed E-state index contributed by atoms with van der Waals surface area (Å²) in [5.41, 5.74) is 5.91. The number of rotatable bonds is 7. The van der Waals surface area contributed by atoms with Crippen molar-refractivity contribution in [3.63, 3.8) is 0 Å². The molecule has 0 saturated heterocycles. The Balaban J connectivity index is 0.00000722. The third-order valence-corrected chi connectivity index (χ3v) is 11.0. The van der Waals surface area contributed by atoms with Crippen molar-refractivity contribution in [3.8, 4) is 39.6 Å². The Morgan fingerprint density at radius 1 is 0.635 bits per heavy atom. The summed E-state index contributed by atoms with van der Waals surface area (Å²) >= 11 is 0. The molecule has 316 valence electrons. The van der Waals surface area contributed by atoms with Gasteiger partial charge < -0.3 is 19.1 Å². The van der Waals surface area contributed by atoms with Gasteiger partial charge in [-0.1, -0.05) is 144 Å². The van der Waals surface area contributed by atoms with Gasteiger partial charge in [-0.2, -0.15) is 12.1 Å². The Bertz CT molecular complexity index is 3840. The molecule has 2 aromatic heterocycles. The Labute approximate surface area is 405 Å². The van der Waals surface area contributed by atoms with Gasteiger partial charge in [0.05, 0.1) is 12.3 Å². The number of aryl methyl sites for hydroxylation is 1. The van der Waals surface area contributed by atoms with Crippen molar-refractivity contribution in [2.24, 2.45) is 0 Å². The second-order valence-electron chi connectivity index (χ2n) is 17.2. The number of benzene rings is 7. The Morgan fingerprint density at radius 2 is 1.32 bits per heavy atom. The van der Waals surface area contributed by atoms with Crippen LogP contribution in [-0.2, 0) is 31.9 Å². The Kier molecular flexibility index (Phi) is 7.35. The van der Waals surface area contributed by atoms with Crippen LogP contribution in [0.2, 0.25) is 0 Å². The summed E-state index contributed by atoms with van der Waals surface area (Å²) < 4.78 is 130. The van der Waals surface area contributed by atoms with Crippen molar-refractivity contribution in [3.05, 3.63) is 199 Å². The largest absolute Gasteiger partial charge is 0.509 e. The molecule has 0 bridgehead atoms. The number of nitrogens with zero attached hydrogens (tertiary/aromatic N) is 4. The maximum Gasteiger partial charge on any atom is 0.135 e. The fourth-order valence-electron chi connectivity index (χ4n) is 7.81. The maximum atomic E-state index is 9.31. The predicted octanol–water partition coefficient (Wildman–Crippen LogP) is 15.2. The Morgan fingerprint density at radius 3 is 2.05 bits per heavy atom. The summed E-state index contributed by atoms with van der Waals surface area (Å²) in [6.45, 7) is 12.2. The zero-order valence-electron chi connectivity index (χ0n) is 49.3. The van der Waals surface area contributed by atoms with Crippen molar-refractivity contribution >= 4 is 44.6 Å². The molecule has 0 amide bonds. The first-order valence-electron chi connectivity index (χ1n) is 27.2. The number of ether oxygens (including phenoxy) is 1. The third kappa shape index (κ3) is 7.85. The first kappa shape index (κ1) is 28.3. The number of hydrogen-bond acceptors (Lipinski definition) is 4. The van der Waals surface area contributed by atoms with Gasteiger partial charge in [-0.15, -0.1) is 48.1 Å². The van der Waals surface area contributed by atoms with Gasteiger partial charge in [0.25, 0.3) is 0 Å². The molecular weight excluding hydrogens is 952 g/mol. The molecular formula is C57H49N4OPt-3. The van der Waals surface area contributed by atoms with Crippen molar-refractivity contribution in [2.75, 3.05) is 9.80 Å². The molecule has 3 heterocycles. The normalized spacial score (nSPS) is 16.1. The number of anilines is 4. The summed E-state index contributed by atoms with van der Waals surface area (Å²) in [4.78, 5) is 8.22. The second-order valence-corrected chi connectivity index (χ2v) is 17.2. The van der Waals surface area contributed by atoms with Crippen LogP contribution in [0.5, 0.6) is 11.5 Å². The molecule has 0 radical (unpaired) electrons. The van der Waals surface area contributed by atoms with Gasteiger partial charge in [0.1, 0.15) is 5.82 Å². The molecule has 0 saturated carbocycles. The first-order valence-corrected chi connectivity index (χ1v) is 20.2. The van der Waals surface area contributed by atoms with Crippen LogP contribution in [0.1, 0.15) is 77.4 Å². The molecule has 0 N–H and O–H groups in total. The zero-order valence-corrected chi connectivity index (χ0v) is 37.6. The topological polar surface area (TPSA) is 33.5 Å². The average Bonchev–Trinajstić information content (AvgIpc) is 4.05. The van der Waals surface area contributed by atoms with Crippen LogP contribution in [0.4, 0.5) is 22.7 Å². The van der Waals surface area contributed by atoms with Gasteiger partial charge in [-0.25, -0.2) is 4.98 Å². The SMILES string of the molecule is [2H]c1c([2H])c([2H])c(-c2cccc(-c3cc(C(C)(C)C)cc(C(C)(C)C)c3)c2N2[CH-]N(c3[c-]c(Oc4[c-]c5c(c([2H])c4[2H])c4c([2H])c([2H])c([2H])c([2H])c4n5-c4cc(C([2H])([2H])[2H])ccn4)ccc3)c3ccccc32)c([2H])c1[2H].[Pt]. The van der Waals surface area contributed by atoms with E-state index in [9.17, 15) is 5.48 Å². The smallest absolute Gasteiger partial charge is 0.135 e. The molecule has 0 aliphatic carbocycles. The van der Waals surface area contributed by atoms with Gasteiger partial charge in [0.2, 0.25) is 0 Å². The summed E-state index contributed by atoms with van der Waals surface area (Å²) in [6.07, 6.45) is 1.27. The minimum Gasteiger partial charge on any atom is -0.509 e. The first-order chi connectivity index (χ1) is 35.7. The predicted molar refractivity (Wildman–Crippen MR) is 257 cm³/mol. The van der Waals surface area contributed by atoms with Gasteiger partial charge in [0.15, 0.2) is 0 Å². The molecule has 9 aromatic rings. The van der Waals surface area contributed by atoms with Crippen LogP contribution in [-0.4, -0.2) is 9.55 Å². The molecule has 0 atom stereocenters. The van der Waals surface area contributed by atoms with E-state index in [-0.39, 0.29) is 94.2 Å². The molecule has 0 fully saturated rings. The molecule has 1 aliphatic heterocycles. The van der Waals surface area contributed by atoms with Crippen LogP contribution in [0.25, 0.3) is 49.9 Å². The van der Waals surface area contributed by atoms with E-state index in [0.717, 1.165) is 22.3 Å². The fraction of sp³-hybridized carbons (Fsp3) is 0.158. The number of aromatic nitrogens is 2. The van der Waals surface area contributed by atoms with E-state index in [1.807, 2.05) is 52.9 Å². The number of pyridine rings is 1. The van der Waals surface area contributed by atoms with E-state index in [4.69, 9.17) is 18.4 Å². The molecule has 0 spiro atoms. The minimum atomic E-state index is -2.56. The summed E-state index contributed by atoms with van der Waals surface area (Å²) in [5, 5.41) is -0.109. The van der Waals surface area contributed by atoms with Crippen LogP contribution in [0.3, 0.4) is 0 Å². The van der Waals surface area contributed by atoms with E-state index < -0.39 is 61.2 Å². The summed E-state index contributed by atoms with van der Waals surface area (Å²) in [5.74, 6) is -0.185. The standard InChI is InChI=1S/C57H49N4O.Pt/c1-38-29-30-58-54(31-38)61-50-24-12-11-21-48(50)49-28-27-45(36-53(49)61)62-44-20-15-19-43(35-44)59-37-60(52-26-14-13-25-51(52)59)55-46(39-17-9-8-10-18-39)22-16-23-47(55)40-32-41(56(2,3)4)34-42(33-40)57(5,6)7;/h8-34,37H,1-7H3;/q-3;/i1D3,8D,9D,10D,11D,12D,17D,18D,21D,24D,27D,28D;. The number of hydrogen-bond donors (Lipinski definition) is 0. The second kappa shape index (κ2) is 16.4. The maximum absolute atomic E-state index is 9.31. The zero-order chi connectivity index (χ0) is 54.8. The quantitative estimate of drug-likeness (QED) is 0.149. The van der Waals surface area contributed by atoms with Crippen LogP contribution in [0, 0.1) is 25.7 Å². The van der Waals surface area contributed by atoms with Crippen molar-refractivity contribution in [1.29, 1.82) is 0 Å². The fourth-order valence-corrected chi connectivity index (χ4v) is 7.81. The van der Waals surface area contributed by atoms with E-state index in [2.05, 4.69) is 76.9 Å². The van der Waals surface area contributed by atoms with Crippen LogP contribution in [0.15, 0.2) is 164 Å². The molecule has 7 aromatic carbocycles. The van der Waals surface area contributed by atoms with Gasteiger partial charge in [-0.3, -0.25) is 0 Å². The number of fused-ring (bicyclic) bond motifs is 4. The number of para-hydroxylation sites is 4. The average molecular weight is 1020 g/mol. The molecule has 6 heteroatoms.